The highest BCUT2D eigenvalue weighted by Gasteiger charge is 2.15. The van der Waals surface area contributed by atoms with E-state index in [-0.39, 0.29) is 5.91 Å². The van der Waals surface area contributed by atoms with E-state index in [1.807, 2.05) is 12.4 Å². The third-order valence-electron chi connectivity index (χ3n) is 4.05. The van der Waals surface area contributed by atoms with Crippen LogP contribution in [0.15, 0.2) is 5.51 Å². The van der Waals surface area contributed by atoms with Gasteiger partial charge >= 0.3 is 0 Å². The molecule has 0 saturated heterocycles. The summed E-state index contributed by atoms with van der Waals surface area (Å²) in [5.74, 6) is 1.99. The minimum atomic E-state index is 0.0544. The number of hydrogen-bond acceptors (Lipinski definition) is 5. The van der Waals surface area contributed by atoms with Crippen LogP contribution >= 0.6 is 11.3 Å². The number of aryl methyl sites for hydroxylation is 3. The molecule has 2 aromatic heterocycles. The molecule has 3 heterocycles. The molecule has 0 saturated carbocycles. The van der Waals surface area contributed by atoms with E-state index in [4.69, 9.17) is 0 Å². The number of amides is 1. The lowest BCUT2D eigenvalue weighted by molar-refractivity contribution is -0.121. The van der Waals surface area contributed by atoms with Gasteiger partial charge in [-0.15, -0.1) is 21.5 Å². The minimum Gasteiger partial charge on any atom is -0.349 e. The Kier molecular flexibility index (Phi) is 4.82. The van der Waals surface area contributed by atoms with E-state index < -0.39 is 0 Å². The van der Waals surface area contributed by atoms with Gasteiger partial charge in [0.1, 0.15) is 5.82 Å². The Morgan fingerprint density at radius 2 is 2.27 bits per heavy atom. The Bertz CT molecular complexity index is 648. The molecule has 0 fully saturated rings. The number of aromatic nitrogens is 4. The molecule has 22 heavy (non-hydrogen) atoms. The Morgan fingerprint density at radius 3 is 3.09 bits per heavy atom. The van der Waals surface area contributed by atoms with Crippen molar-refractivity contribution in [1.82, 2.24) is 25.1 Å². The second kappa shape index (κ2) is 7.00. The third-order valence-corrected chi connectivity index (χ3v) is 5.05. The number of nitrogens with one attached hydrogen (secondary N) is 1. The molecule has 7 heteroatoms. The molecule has 0 unspecified atom stereocenters. The number of carbonyl (C=O) groups is 1. The molecule has 1 aliphatic heterocycles. The Hall–Kier alpha value is -1.76. The van der Waals surface area contributed by atoms with E-state index in [2.05, 4.69) is 25.1 Å². The maximum atomic E-state index is 12.0. The maximum Gasteiger partial charge on any atom is 0.220 e. The number of nitrogens with zero attached hydrogens (tertiary/aromatic N) is 4. The first-order chi connectivity index (χ1) is 10.7. The summed E-state index contributed by atoms with van der Waals surface area (Å²) in [4.78, 5) is 17.4. The molecule has 0 radical (unpaired) electrons. The quantitative estimate of drug-likeness (QED) is 0.915. The van der Waals surface area contributed by atoms with Gasteiger partial charge in [-0.3, -0.25) is 4.79 Å². The van der Waals surface area contributed by atoms with Crippen LogP contribution in [0.3, 0.4) is 0 Å². The highest BCUT2D eigenvalue weighted by atomic mass is 32.1. The summed E-state index contributed by atoms with van der Waals surface area (Å²) < 4.78 is 2.17. The molecule has 3 rings (SSSR count). The molecule has 1 amide bonds. The van der Waals surface area contributed by atoms with Gasteiger partial charge in [0.15, 0.2) is 5.82 Å². The maximum absolute atomic E-state index is 12.0. The van der Waals surface area contributed by atoms with E-state index in [1.165, 1.54) is 17.7 Å². The van der Waals surface area contributed by atoms with Crippen LogP contribution in [0.5, 0.6) is 0 Å². The van der Waals surface area contributed by atoms with Crippen LogP contribution in [0.2, 0.25) is 0 Å². The van der Waals surface area contributed by atoms with Crippen molar-refractivity contribution in [2.45, 2.75) is 58.5 Å². The summed E-state index contributed by atoms with van der Waals surface area (Å²) in [6.45, 7) is 3.41. The van der Waals surface area contributed by atoms with E-state index in [1.54, 1.807) is 11.3 Å². The molecular weight excluding hydrogens is 298 g/mol. The SMILES string of the molecule is Cc1ncsc1CCC(=O)NCc1nnc2n1CCCCC2. The van der Waals surface area contributed by atoms with Gasteiger partial charge in [0, 0.05) is 24.3 Å². The van der Waals surface area contributed by atoms with Crippen molar-refractivity contribution in [3.63, 3.8) is 0 Å². The lowest BCUT2D eigenvalue weighted by atomic mass is 10.2. The number of rotatable bonds is 5. The summed E-state index contributed by atoms with van der Waals surface area (Å²) in [7, 11) is 0. The molecule has 118 valence electrons. The monoisotopic (exact) mass is 319 g/mol. The Balaban J connectivity index is 1.51. The van der Waals surface area contributed by atoms with E-state index in [0.717, 1.165) is 43.1 Å². The zero-order valence-electron chi connectivity index (χ0n) is 12.8. The highest BCUT2D eigenvalue weighted by Crippen LogP contribution is 2.15. The van der Waals surface area contributed by atoms with E-state index in [9.17, 15) is 4.79 Å². The Labute approximate surface area is 134 Å². The normalized spacial score (nSPS) is 14.4. The number of hydrogen-bond donors (Lipinski definition) is 1. The Morgan fingerprint density at radius 1 is 1.36 bits per heavy atom. The van der Waals surface area contributed by atoms with Crippen molar-refractivity contribution in [2.75, 3.05) is 0 Å². The first-order valence-electron chi connectivity index (χ1n) is 7.80. The lowest BCUT2D eigenvalue weighted by Crippen LogP contribution is -2.25. The van der Waals surface area contributed by atoms with Crippen molar-refractivity contribution < 1.29 is 4.79 Å². The van der Waals surface area contributed by atoms with Crippen LogP contribution in [-0.4, -0.2) is 25.7 Å². The predicted molar refractivity (Wildman–Crippen MR) is 84.6 cm³/mol. The summed E-state index contributed by atoms with van der Waals surface area (Å²) in [5.41, 5.74) is 2.86. The van der Waals surface area contributed by atoms with E-state index >= 15 is 0 Å². The van der Waals surface area contributed by atoms with Crippen LogP contribution < -0.4 is 5.32 Å². The zero-order chi connectivity index (χ0) is 15.4. The highest BCUT2D eigenvalue weighted by molar-refractivity contribution is 7.09. The molecule has 0 aliphatic carbocycles. The largest absolute Gasteiger partial charge is 0.349 e. The molecule has 1 aliphatic rings. The lowest BCUT2D eigenvalue weighted by Gasteiger charge is -2.08. The van der Waals surface area contributed by atoms with Crippen LogP contribution in [0.4, 0.5) is 0 Å². The topological polar surface area (TPSA) is 72.7 Å². The van der Waals surface area contributed by atoms with Gasteiger partial charge in [-0.2, -0.15) is 0 Å². The summed E-state index contributed by atoms with van der Waals surface area (Å²) in [6, 6.07) is 0. The molecule has 6 nitrogen and oxygen atoms in total. The van der Waals surface area contributed by atoms with Gasteiger partial charge in [0.25, 0.3) is 0 Å². The summed E-state index contributed by atoms with van der Waals surface area (Å²) in [6.07, 6.45) is 5.81. The van der Waals surface area contributed by atoms with Crippen molar-refractivity contribution in [2.24, 2.45) is 0 Å². The van der Waals surface area contributed by atoms with Crippen molar-refractivity contribution in [3.05, 3.63) is 27.7 Å². The third kappa shape index (κ3) is 3.52. The summed E-state index contributed by atoms with van der Waals surface area (Å²) in [5, 5.41) is 11.4. The van der Waals surface area contributed by atoms with Crippen LogP contribution in [-0.2, 0) is 30.7 Å². The molecule has 0 bridgehead atoms. The van der Waals surface area contributed by atoms with Gasteiger partial charge in [-0.25, -0.2) is 4.98 Å². The predicted octanol–water partition coefficient (Wildman–Crippen LogP) is 2.02. The molecule has 0 atom stereocenters. The number of thiazole rings is 1. The van der Waals surface area contributed by atoms with Crippen molar-refractivity contribution in [3.8, 4) is 0 Å². The van der Waals surface area contributed by atoms with Crippen LogP contribution in [0, 0.1) is 6.92 Å². The van der Waals surface area contributed by atoms with Crippen molar-refractivity contribution in [1.29, 1.82) is 0 Å². The molecule has 2 aromatic rings. The molecular formula is C15H21N5OS. The number of carbonyl (C=O) groups excluding carboxylic acids is 1. The van der Waals surface area contributed by atoms with Gasteiger partial charge in [-0.05, 0) is 26.2 Å². The van der Waals surface area contributed by atoms with Gasteiger partial charge in [0.2, 0.25) is 5.91 Å². The molecule has 0 aromatic carbocycles. The van der Waals surface area contributed by atoms with Crippen LogP contribution in [0.1, 0.15) is 47.9 Å². The fraction of sp³-hybridized carbons (Fsp3) is 0.600. The second-order valence-corrected chi connectivity index (χ2v) is 6.57. The minimum absolute atomic E-state index is 0.0544. The average Bonchev–Trinajstić information content (AvgIpc) is 3.02. The zero-order valence-corrected chi connectivity index (χ0v) is 13.7. The van der Waals surface area contributed by atoms with Gasteiger partial charge < -0.3 is 9.88 Å². The van der Waals surface area contributed by atoms with Gasteiger partial charge in [0.05, 0.1) is 17.7 Å². The average molecular weight is 319 g/mol. The fourth-order valence-electron chi connectivity index (χ4n) is 2.74. The standard InChI is InChI=1S/C15H21N5OS/c1-11-12(22-10-17-11)6-7-15(21)16-9-14-19-18-13-5-3-2-4-8-20(13)14/h10H,2-9H2,1H3,(H,16,21). The van der Waals surface area contributed by atoms with Crippen LogP contribution in [0.25, 0.3) is 0 Å². The molecule has 1 N–H and O–H groups in total. The number of fused-ring (bicyclic) bond motifs is 1. The van der Waals surface area contributed by atoms with Crippen molar-refractivity contribution >= 4 is 17.2 Å². The first-order valence-corrected chi connectivity index (χ1v) is 8.68. The summed E-state index contributed by atoms with van der Waals surface area (Å²) >= 11 is 1.61. The second-order valence-electron chi connectivity index (χ2n) is 5.63. The van der Waals surface area contributed by atoms with E-state index in [0.29, 0.717) is 13.0 Å². The van der Waals surface area contributed by atoms with Gasteiger partial charge in [-0.1, -0.05) is 6.42 Å². The smallest absolute Gasteiger partial charge is 0.220 e. The first kappa shape index (κ1) is 15.1. The fourth-order valence-corrected chi connectivity index (χ4v) is 3.52. The molecule has 0 spiro atoms.